The van der Waals surface area contributed by atoms with Crippen LogP contribution < -0.4 is 10.2 Å². The van der Waals surface area contributed by atoms with Crippen LogP contribution >= 0.6 is 0 Å². The van der Waals surface area contributed by atoms with Gasteiger partial charge in [-0.1, -0.05) is 36.4 Å². The maximum absolute atomic E-state index is 13.8. The molecule has 1 heterocycles. The number of anilines is 2. The molecule has 0 aliphatic carbocycles. The van der Waals surface area contributed by atoms with Gasteiger partial charge in [0.25, 0.3) is 0 Å². The second-order valence-corrected chi connectivity index (χ2v) is 6.62. The Morgan fingerprint density at radius 2 is 1.71 bits per heavy atom. The molecule has 142 valence electrons. The van der Waals surface area contributed by atoms with E-state index in [9.17, 15) is 22.8 Å². The van der Waals surface area contributed by atoms with Gasteiger partial charge < -0.3 is 10.2 Å². The summed E-state index contributed by atoms with van der Waals surface area (Å²) in [5.41, 5.74) is 0.234. The molecule has 0 unspecified atom stereocenters. The van der Waals surface area contributed by atoms with Crippen LogP contribution in [-0.4, -0.2) is 18.4 Å². The van der Waals surface area contributed by atoms with Crippen molar-refractivity contribution in [2.45, 2.75) is 6.42 Å². The monoisotopic (exact) mass is 384 g/mol. The van der Waals surface area contributed by atoms with Crippen LogP contribution in [-0.2, 0) is 9.59 Å². The molecule has 1 aliphatic heterocycles. The zero-order chi connectivity index (χ0) is 19.8. The van der Waals surface area contributed by atoms with Crippen molar-refractivity contribution in [1.29, 1.82) is 0 Å². The van der Waals surface area contributed by atoms with E-state index >= 15 is 0 Å². The summed E-state index contributed by atoms with van der Waals surface area (Å²) in [5.74, 6) is -6.06. The van der Waals surface area contributed by atoms with Crippen molar-refractivity contribution in [3.63, 3.8) is 0 Å². The standard InChI is InChI=1S/C21H15F3N2O2/c22-15-8-9-16(20(24)19(15)23)25-21(28)13-10-18(27)26(11-13)17-7-3-5-12-4-1-2-6-14(12)17/h1-9,13H,10-11H2,(H,25,28)/t13-/m1/s1. The van der Waals surface area contributed by atoms with Crippen molar-refractivity contribution < 1.29 is 22.8 Å². The molecule has 0 saturated carbocycles. The minimum atomic E-state index is -1.65. The Hall–Kier alpha value is -3.35. The molecular weight excluding hydrogens is 369 g/mol. The summed E-state index contributed by atoms with van der Waals surface area (Å²) in [5, 5.41) is 4.09. The van der Waals surface area contributed by atoms with Crippen molar-refractivity contribution in [2.75, 3.05) is 16.8 Å². The molecule has 1 saturated heterocycles. The van der Waals surface area contributed by atoms with E-state index < -0.39 is 35.0 Å². The fraction of sp³-hybridized carbons (Fsp3) is 0.143. The van der Waals surface area contributed by atoms with Gasteiger partial charge in [0.2, 0.25) is 11.8 Å². The number of carbonyl (C=O) groups excluding carboxylic acids is 2. The average Bonchev–Trinajstić information content (AvgIpc) is 3.09. The first-order chi connectivity index (χ1) is 13.5. The van der Waals surface area contributed by atoms with E-state index in [0.29, 0.717) is 5.69 Å². The molecule has 0 radical (unpaired) electrons. The lowest BCUT2D eigenvalue weighted by atomic mass is 10.1. The van der Waals surface area contributed by atoms with Crippen LogP contribution in [0.4, 0.5) is 24.5 Å². The SMILES string of the molecule is O=C(Nc1ccc(F)c(F)c1F)[C@@H]1CC(=O)N(c2cccc3ccccc23)C1. The van der Waals surface area contributed by atoms with Crippen LogP contribution in [0.25, 0.3) is 10.8 Å². The lowest BCUT2D eigenvalue weighted by Gasteiger charge is -2.19. The molecular formula is C21H15F3N2O2. The molecule has 3 aromatic carbocycles. The first-order valence-corrected chi connectivity index (χ1v) is 8.68. The van der Waals surface area contributed by atoms with Gasteiger partial charge in [-0.05, 0) is 23.6 Å². The van der Waals surface area contributed by atoms with Gasteiger partial charge in [-0.2, -0.15) is 0 Å². The topological polar surface area (TPSA) is 49.4 Å². The Morgan fingerprint density at radius 1 is 0.964 bits per heavy atom. The number of halogens is 3. The predicted octanol–water partition coefficient (Wildman–Crippen LogP) is 4.25. The van der Waals surface area contributed by atoms with Gasteiger partial charge in [0.15, 0.2) is 17.5 Å². The van der Waals surface area contributed by atoms with Crippen LogP contribution in [0.3, 0.4) is 0 Å². The summed E-state index contributed by atoms with van der Waals surface area (Å²) in [4.78, 5) is 26.5. The van der Waals surface area contributed by atoms with Crippen LogP contribution in [0.5, 0.6) is 0 Å². The van der Waals surface area contributed by atoms with E-state index in [1.54, 1.807) is 6.07 Å². The highest BCUT2D eigenvalue weighted by molar-refractivity contribution is 6.08. The molecule has 28 heavy (non-hydrogen) atoms. The highest BCUT2D eigenvalue weighted by atomic mass is 19.2. The third kappa shape index (κ3) is 3.09. The largest absolute Gasteiger partial charge is 0.323 e. The summed E-state index contributed by atoms with van der Waals surface area (Å²) >= 11 is 0. The van der Waals surface area contributed by atoms with E-state index in [4.69, 9.17) is 0 Å². The summed E-state index contributed by atoms with van der Waals surface area (Å²) < 4.78 is 40.2. The Bertz CT molecular complexity index is 1090. The zero-order valence-electron chi connectivity index (χ0n) is 14.6. The molecule has 0 bridgehead atoms. The number of nitrogens with one attached hydrogen (secondary N) is 1. The third-order valence-corrected chi connectivity index (χ3v) is 4.85. The van der Waals surface area contributed by atoms with Gasteiger partial charge in [0.1, 0.15) is 0 Å². The second-order valence-electron chi connectivity index (χ2n) is 6.62. The molecule has 1 atom stereocenters. The predicted molar refractivity (Wildman–Crippen MR) is 99.4 cm³/mol. The van der Waals surface area contributed by atoms with Crippen molar-refractivity contribution in [3.8, 4) is 0 Å². The quantitative estimate of drug-likeness (QED) is 0.687. The highest BCUT2D eigenvalue weighted by Crippen LogP contribution is 2.32. The number of hydrogen-bond donors (Lipinski definition) is 1. The number of rotatable bonds is 3. The molecule has 7 heteroatoms. The van der Waals surface area contributed by atoms with Crippen LogP contribution in [0.1, 0.15) is 6.42 Å². The van der Waals surface area contributed by atoms with E-state index in [-0.39, 0.29) is 18.9 Å². The van der Waals surface area contributed by atoms with Gasteiger partial charge in [-0.25, -0.2) is 13.2 Å². The highest BCUT2D eigenvalue weighted by Gasteiger charge is 2.36. The van der Waals surface area contributed by atoms with Crippen molar-refractivity contribution >= 4 is 34.0 Å². The molecule has 1 fully saturated rings. The Morgan fingerprint density at radius 3 is 2.54 bits per heavy atom. The molecule has 2 amide bonds. The summed E-state index contributed by atoms with van der Waals surface area (Å²) in [7, 11) is 0. The van der Waals surface area contributed by atoms with E-state index in [0.717, 1.165) is 22.9 Å². The van der Waals surface area contributed by atoms with Gasteiger partial charge in [-0.3, -0.25) is 9.59 Å². The molecule has 1 N–H and O–H groups in total. The van der Waals surface area contributed by atoms with Crippen molar-refractivity contribution in [2.24, 2.45) is 5.92 Å². The summed E-state index contributed by atoms with van der Waals surface area (Å²) in [6.07, 6.45) is -0.0552. The molecule has 0 spiro atoms. The number of amides is 2. The average molecular weight is 384 g/mol. The number of fused-ring (bicyclic) bond motifs is 1. The summed E-state index contributed by atoms with van der Waals surface area (Å²) in [6.45, 7) is 0.115. The van der Waals surface area contributed by atoms with Crippen molar-refractivity contribution in [3.05, 3.63) is 72.0 Å². The first kappa shape index (κ1) is 18.0. The first-order valence-electron chi connectivity index (χ1n) is 8.68. The molecule has 3 aromatic rings. The fourth-order valence-corrected chi connectivity index (χ4v) is 3.42. The Kier molecular flexibility index (Phi) is 4.50. The van der Waals surface area contributed by atoms with Crippen LogP contribution in [0.15, 0.2) is 54.6 Å². The maximum Gasteiger partial charge on any atom is 0.229 e. The number of nitrogens with zero attached hydrogens (tertiary/aromatic N) is 1. The van der Waals surface area contributed by atoms with Gasteiger partial charge >= 0.3 is 0 Å². The Labute approximate surface area is 158 Å². The number of benzene rings is 3. The third-order valence-electron chi connectivity index (χ3n) is 4.85. The fourth-order valence-electron chi connectivity index (χ4n) is 3.42. The van der Waals surface area contributed by atoms with Crippen LogP contribution in [0.2, 0.25) is 0 Å². The Balaban J connectivity index is 1.56. The molecule has 0 aromatic heterocycles. The maximum atomic E-state index is 13.8. The number of carbonyl (C=O) groups is 2. The van der Waals surface area contributed by atoms with Gasteiger partial charge in [0, 0.05) is 18.4 Å². The van der Waals surface area contributed by atoms with Gasteiger partial charge in [-0.15, -0.1) is 0 Å². The van der Waals surface area contributed by atoms with E-state index in [2.05, 4.69) is 5.32 Å². The minimum absolute atomic E-state index is 0.0552. The lowest BCUT2D eigenvalue weighted by Crippen LogP contribution is -2.28. The minimum Gasteiger partial charge on any atom is -0.323 e. The smallest absolute Gasteiger partial charge is 0.229 e. The zero-order valence-corrected chi connectivity index (χ0v) is 14.6. The van der Waals surface area contributed by atoms with E-state index in [1.165, 1.54) is 4.90 Å². The second kappa shape index (κ2) is 6.99. The van der Waals surface area contributed by atoms with Crippen molar-refractivity contribution in [1.82, 2.24) is 0 Å². The lowest BCUT2D eigenvalue weighted by molar-refractivity contribution is -0.122. The molecule has 4 rings (SSSR count). The normalized spacial score (nSPS) is 16.6. The van der Waals surface area contributed by atoms with E-state index in [1.807, 2.05) is 36.4 Å². The molecule has 1 aliphatic rings. The summed E-state index contributed by atoms with van der Waals surface area (Å²) in [6, 6.07) is 14.8. The van der Waals surface area contributed by atoms with Crippen LogP contribution in [0, 0.1) is 23.4 Å². The van der Waals surface area contributed by atoms with Gasteiger partial charge in [0.05, 0.1) is 17.3 Å². The molecule has 4 nitrogen and oxygen atoms in total. The number of hydrogen-bond acceptors (Lipinski definition) is 2.